The quantitative estimate of drug-likeness (QED) is 0.322. The van der Waals surface area contributed by atoms with Crippen LogP contribution in [0.3, 0.4) is 0 Å². The number of carbonyl (C=O) groups is 1. The van der Waals surface area contributed by atoms with Crippen molar-refractivity contribution < 1.29 is 15.1 Å². The fourth-order valence-corrected chi connectivity index (χ4v) is 1.76. The number of hydrogen-bond acceptors (Lipinski definition) is 4. The summed E-state index contributed by atoms with van der Waals surface area (Å²) in [6.45, 7) is 3.54. The van der Waals surface area contributed by atoms with E-state index in [4.69, 9.17) is 16.0 Å². The molecule has 0 aliphatic carbocycles. The van der Waals surface area contributed by atoms with Crippen LogP contribution >= 0.6 is 0 Å². The third-order valence-corrected chi connectivity index (χ3v) is 3.35. The third-order valence-electron chi connectivity index (χ3n) is 3.35. The zero-order chi connectivity index (χ0) is 14.6. The molecule has 1 aromatic carbocycles. The van der Waals surface area contributed by atoms with E-state index in [0.717, 1.165) is 5.56 Å². The molecule has 2 atom stereocenters. The van der Waals surface area contributed by atoms with E-state index >= 15 is 0 Å². The van der Waals surface area contributed by atoms with E-state index in [1.54, 1.807) is 37.1 Å². The SMILES string of the molecule is CC(c1cccc(C(N)=NO)c1)N(C)[C@@H](C)C(=O)O. The molecule has 6 heteroatoms. The second-order valence-corrected chi connectivity index (χ2v) is 4.47. The smallest absolute Gasteiger partial charge is 0.320 e. The fraction of sp³-hybridized carbons (Fsp3) is 0.385. The van der Waals surface area contributed by atoms with Gasteiger partial charge in [-0.2, -0.15) is 0 Å². The molecule has 0 spiro atoms. The lowest BCUT2D eigenvalue weighted by molar-refractivity contribution is -0.142. The maximum Gasteiger partial charge on any atom is 0.320 e. The maximum absolute atomic E-state index is 11.0. The molecule has 0 aromatic heterocycles. The first-order valence-electron chi connectivity index (χ1n) is 5.91. The summed E-state index contributed by atoms with van der Waals surface area (Å²) in [5.41, 5.74) is 7.04. The summed E-state index contributed by atoms with van der Waals surface area (Å²) in [6.07, 6.45) is 0. The van der Waals surface area contributed by atoms with Gasteiger partial charge in [0.1, 0.15) is 6.04 Å². The highest BCUT2D eigenvalue weighted by Crippen LogP contribution is 2.21. The van der Waals surface area contributed by atoms with Gasteiger partial charge >= 0.3 is 5.97 Å². The van der Waals surface area contributed by atoms with Gasteiger partial charge in [0.15, 0.2) is 5.84 Å². The summed E-state index contributed by atoms with van der Waals surface area (Å²) in [5.74, 6) is -0.843. The lowest BCUT2D eigenvalue weighted by atomic mass is 10.0. The Morgan fingerprint density at radius 2 is 2.05 bits per heavy atom. The molecule has 1 rings (SSSR count). The third kappa shape index (κ3) is 3.45. The predicted molar refractivity (Wildman–Crippen MR) is 72.2 cm³/mol. The van der Waals surface area contributed by atoms with Crippen molar-refractivity contribution in [3.8, 4) is 0 Å². The van der Waals surface area contributed by atoms with Crippen molar-refractivity contribution in [2.45, 2.75) is 25.9 Å². The first-order chi connectivity index (χ1) is 8.88. The number of nitrogens with two attached hydrogens (primary N) is 1. The Hall–Kier alpha value is -2.08. The monoisotopic (exact) mass is 265 g/mol. The number of oxime groups is 1. The maximum atomic E-state index is 11.0. The van der Waals surface area contributed by atoms with Gasteiger partial charge in [0, 0.05) is 11.6 Å². The number of nitrogens with zero attached hydrogens (tertiary/aromatic N) is 2. The molecule has 19 heavy (non-hydrogen) atoms. The van der Waals surface area contributed by atoms with Crippen molar-refractivity contribution in [1.82, 2.24) is 4.90 Å². The van der Waals surface area contributed by atoms with Gasteiger partial charge in [-0.25, -0.2) is 0 Å². The van der Waals surface area contributed by atoms with Crippen LogP contribution in [0.1, 0.15) is 31.0 Å². The number of benzene rings is 1. The second-order valence-electron chi connectivity index (χ2n) is 4.47. The molecule has 0 saturated carbocycles. The topological polar surface area (TPSA) is 99.2 Å². The molecule has 0 aliphatic rings. The van der Waals surface area contributed by atoms with Crippen LogP contribution in [0.4, 0.5) is 0 Å². The van der Waals surface area contributed by atoms with Crippen molar-refractivity contribution in [2.75, 3.05) is 7.05 Å². The van der Waals surface area contributed by atoms with Gasteiger partial charge in [0.05, 0.1) is 0 Å². The minimum Gasteiger partial charge on any atom is -0.480 e. The van der Waals surface area contributed by atoms with E-state index in [9.17, 15) is 4.79 Å². The van der Waals surface area contributed by atoms with E-state index in [-0.39, 0.29) is 11.9 Å². The Bertz CT molecular complexity index is 488. The Labute approximate surface area is 112 Å². The molecule has 0 bridgehead atoms. The Kier molecular flexibility index (Phi) is 4.88. The summed E-state index contributed by atoms with van der Waals surface area (Å²) in [6, 6.07) is 6.49. The van der Waals surface area contributed by atoms with Crippen LogP contribution in [0.5, 0.6) is 0 Å². The van der Waals surface area contributed by atoms with E-state index in [2.05, 4.69) is 5.16 Å². The molecule has 104 valence electrons. The van der Waals surface area contributed by atoms with Gasteiger partial charge < -0.3 is 16.0 Å². The highest BCUT2D eigenvalue weighted by Gasteiger charge is 2.22. The molecule has 6 nitrogen and oxygen atoms in total. The van der Waals surface area contributed by atoms with Gasteiger partial charge in [-0.3, -0.25) is 9.69 Å². The number of carboxylic acids is 1. The van der Waals surface area contributed by atoms with Crippen molar-refractivity contribution in [2.24, 2.45) is 10.9 Å². The fourth-order valence-electron chi connectivity index (χ4n) is 1.76. The first-order valence-corrected chi connectivity index (χ1v) is 5.91. The molecule has 0 aliphatic heterocycles. The number of amidine groups is 1. The summed E-state index contributed by atoms with van der Waals surface area (Å²) in [4.78, 5) is 12.7. The minimum absolute atomic E-state index is 0.0305. The van der Waals surface area contributed by atoms with Crippen molar-refractivity contribution >= 4 is 11.8 Å². The molecule has 4 N–H and O–H groups in total. The molecule has 0 saturated heterocycles. The first kappa shape index (κ1) is 15.0. The second kappa shape index (κ2) is 6.19. The molecular weight excluding hydrogens is 246 g/mol. The lowest BCUT2D eigenvalue weighted by Crippen LogP contribution is -2.37. The highest BCUT2D eigenvalue weighted by atomic mass is 16.4. The standard InChI is InChI=1S/C13H19N3O3/c1-8(16(3)9(2)13(17)18)10-5-4-6-11(7-10)12(14)15-19/h4-9,19H,1-3H3,(H2,14,15)(H,17,18)/t8?,9-/m0/s1. The van der Waals surface area contributed by atoms with Crippen LogP contribution in [-0.4, -0.2) is 40.1 Å². The largest absolute Gasteiger partial charge is 0.480 e. The summed E-state index contributed by atoms with van der Waals surface area (Å²) in [5, 5.41) is 20.6. The Morgan fingerprint density at radius 3 is 2.58 bits per heavy atom. The number of likely N-dealkylation sites (N-methyl/N-ethyl adjacent to an activating group) is 1. The highest BCUT2D eigenvalue weighted by molar-refractivity contribution is 5.97. The zero-order valence-electron chi connectivity index (χ0n) is 11.2. The summed E-state index contributed by atoms with van der Waals surface area (Å²) >= 11 is 0. The number of carboxylic acid groups (broad SMARTS) is 1. The lowest BCUT2D eigenvalue weighted by Gasteiger charge is -2.28. The van der Waals surface area contributed by atoms with Crippen LogP contribution in [0, 0.1) is 0 Å². The van der Waals surface area contributed by atoms with Crippen LogP contribution in [0.2, 0.25) is 0 Å². The van der Waals surface area contributed by atoms with Crippen molar-refractivity contribution in [3.63, 3.8) is 0 Å². The van der Waals surface area contributed by atoms with Crippen LogP contribution < -0.4 is 5.73 Å². The number of rotatable bonds is 5. The molecule has 1 aromatic rings. The minimum atomic E-state index is -0.873. The summed E-state index contributed by atoms with van der Waals surface area (Å²) < 4.78 is 0. The number of aliphatic carboxylic acids is 1. The predicted octanol–water partition coefficient (Wildman–Crippen LogP) is 1.25. The van der Waals surface area contributed by atoms with Crippen molar-refractivity contribution in [3.05, 3.63) is 35.4 Å². The van der Waals surface area contributed by atoms with E-state index < -0.39 is 12.0 Å². The average molecular weight is 265 g/mol. The van der Waals surface area contributed by atoms with Gasteiger partial charge in [0.25, 0.3) is 0 Å². The van der Waals surface area contributed by atoms with E-state index in [0.29, 0.717) is 5.56 Å². The Morgan fingerprint density at radius 1 is 1.42 bits per heavy atom. The van der Waals surface area contributed by atoms with Crippen LogP contribution in [-0.2, 0) is 4.79 Å². The van der Waals surface area contributed by atoms with Gasteiger partial charge in [0.2, 0.25) is 0 Å². The molecule has 0 fully saturated rings. The van der Waals surface area contributed by atoms with E-state index in [1.807, 2.05) is 13.0 Å². The van der Waals surface area contributed by atoms with Crippen LogP contribution in [0.25, 0.3) is 0 Å². The van der Waals surface area contributed by atoms with Crippen LogP contribution in [0.15, 0.2) is 29.4 Å². The average Bonchev–Trinajstić information content (AvgIpc) is 2.43. The normalized spacial score (nSPS) is 15.3. The zero-order valence-corrected chi connectivity index (χ0v) is 11.2. The van der Waals surface area contributed by atoms with Gasteiger partial charge in [-0.1, -0.05) is 23.4 Å². The molecule has 1 unspecified atom stereocenters. The van der Waals surface area contributed by atoms with E-state index in [1.165, 1.54) is 0 Å². The van der Waals surface area contributed by atoms with Gasteiger partial charge in [-0.05, 0) is 32.5 Å². The molecule has 0 radical (unpaired) electrons. The van der Waals surface area contributed by atoms with Gasteiger partial charge in [-0.15, -0.1) is 0 Å². The Balaban J connectivity index is 3.00. The van der Waals surface area contributed by atoms with Crippen molar-refractivity contribution in [1.29, 1.82) is 0 Å². The molecule has 0 heterocycles. The molecule has 0 amide bonds. The molecular formula is C13H19N3O3. The summed E-state index contributed by atoms with van der Waals surface area (Å²) in [7, 11) is 1.75. The number of hydrogen-bond donors (Lipinski definition) is 3.